The fourth-order valence-electron chi connectivity index (χ4n) is 7.57. The number of alkyl carbamates (subject to hydrolysis) is 1. The van der Waals surface area contributed by atoms with Gasteiger partial charge < -0.3 is 38.8 Å². The molecule has 0 saturated carbocycles. The van der Waals surface area contributed by atoms with Crippen molar-refractivity contribution in [2.75, 3.05) is 40.1 Å². The monoisotopic (exact) mass is 803 g/mol. The molecule has 0 bridgehead atoms. The van der Waals surface area contributed by atoms with E-state index in [0.717, 1.165) is 39.5 Å². The molecule has 2 N–H and O–H groups in total. The Morgan fingerprint density at radius 3 is 1.85 bits per heavy atom. The molecular formula is C47H49NO11. The highest BCUT2D eigenvalue weighted by Gasteiger charge is 2.46. The number of fused-ring (bicyclic) bond motifs is 3. The summed E-state index contributed by atoms with van der Waals surface area (Å²) in [7, 11) is 1.27. The number of benzene rings is 4. The van der Waals surface area contributed by atoms with Gasteiger partial charge in [0, 0.05) is 6.08 Å². The largest absolute Gasteiger partial charge is 0.491 e. The molecule has 4 aromatic carbocycles. The Labute approximate surface area is 343 Å². The lowest BCUT2D eigenvalue weighted by atomic mass is 9.68. The predicted octanol–water partition coefficient (Wildman–Crippen LogP) is 6.70. The topological polar surface area (TPSA) is 156 Å². The van der Waals surface area contributed by atoms with E-state index in [4.69, 9.17) is 28.4 Å². The van der Waals surface area contributed by atoms with Crippen molar-refractivity contribution in [3.05, 3.63) is 144 Å². The zero-order valence-electron chi connectivity index (χ0n) is 33.2. The average Bonchev–Trinajstić information content (AvgIpc) is 3.58. The first-order chi connectivity index (χ1) is 28.7. The predicted molar refractivity (Wildman–Crippen MR) is 219 cm³/mol. The van der Waals surface area contributed by atoms with Crippen LogP contribution in [0, 0.1) is 11.8 Å². The van der Waals surface area contributed by atoms with Crippen LogP contribution in [0.5, 0.6) is 11.5 Å². The van der Waals surface area contributed by atoms with E-state index in [2.05, 4.69) is 48.3 Å². The van der Waals surface area contributed by atoms with E-state index in [1.54, 1.807) is 0 Å². The summed E-state index contributed by atoms with van der Waals surface area (Å²) in [4.78, 5) is 49.8. The summed E-state index contributed by atoms with van der Waals surface area (Å²) in [6.07, 6.45) is 3.45. The van der Waals surface area contributed by atoms with Crippen LogP contribution >= 0.6 is 0 Å². The third-order valence-electron chi connectivity index (χ3n) is 10.6. The maximum absolute atomic E-state index is 13.2. The molecule has 12 heteroatoms. The molecule has 59 heavy (non-hydrogen) atoms. The van der Waals surface area contributed by atoms with Crippen LogP contribution in [0.15, 0.2) is 122 Å². The molecule has 1 amide bonds. The summed E-state index contributed by atoms with van der Waals surface area (Å²) in [5, 5.41) is 12.6. The summed E-state index contributed by atoms with van der Waals surface area (Å²) in [6.45, 7) is 4.78. The number of methoxy groups -OCH3 is 1. The second-order valence-electron chi connectivity index (χ2n) is 14.2. The molecule has 12 nitrogen and oxygen atoms in total. The molecule has 308 valence electrons. The number of carbonyl (C=O) groups is 4. The quantitative estimate of drug-likeness (QED) is 0.0320. The number of esters is 3. The summed E-state index contributed by atoms with van der Waals surface area (Å²) in [6, 6.07) is 32.4. The summed E-state index contributed by atoms with van der Waals surface area (Å²) < 4.78 is 33.1. The van der Waals surface area contributed by atoms with E-state index in [1.807, 2.05) is 79.7 Å². The normalized spacial score (nSPS) is 16.9. The van der Waals surface area contributed by atoms with Crippen LogP contribution in [0.1, 0.15) is 48.4 Å². The first kappa shape index (κ1) is 42.2. The number of nitrogens with one attached hydrogen (secondary N) is 1. The number of aliphatic hydroxyl groups is 1. The van der Waals surface area contributed by atoms with Crippen molar-refractivity contribution in [2.45, 2.75) is 43.8 Å². The highest BCUT2D eigenvalue weighted by atomic mass is 16.6. The summed E-state index contributed by atoms with van der Waals surface area (Å²) in [5.41, 5.74) is 5.81. The Morgan fingerprint density at radius 2 is 1.31 bits per heavy atom. The summed E-state index contributed by atoms with van der Waals surface area (Å²) >= 11 is 0. The highest BCUT2D eigenvalue weighted by molar-refractivity contribution is 5.86. The second kappa shape index (κ2) is 19.8. The smallest absolute Gasteiger partial charge is 0.407 e. The fourth-order valence-corrected chi connectivity index (χ4v) is 7.57. The SMILES string of the molecule is C=CC(=O)OCCNC(=O)OC(COC(=O)C1CC=CCC1C(=O)OC)COc1ccc(C2(c3ccc(OCC(O)CC)cc3)c3ccccc3-c3ccccc32)cc1. The first-order valence-corrected chi connectivity index (χ1v) is 19.7. The number of amides is 1. The van der Waals surface area contributed by atoms with Gasteiger partial charge in [0.15, 0.2) is 6.10 Å². The molecule has 0 spiro atoms. The zero-order valence-corrected chi connectivity index (χ0v) is 33.2. The van der Waals surface area contributed by atoms with E-state index in [9.17, 15) is 24.3 Å². The highest BCUT2D eigenvalue weighted by Crippen LogP contribution is 2.56. The third-order valence-corrected chi connectivity index (χ3v) is 10.6. The van der Waals surface area contributed by atoms with Crippen LogP contribution in [0.2, 0.25) is 0 Å². The Bertz CT molecular complexity index is 2080. The molecule has 2 aliphatic carbocycles. The van der Waals surface area contributed by atoms with Gasteiger partial charge >= 0.3 is 24.0 Å². The van der Waals surface area contributed by atoms with Crippen molar-refractivity contribution in [3.8, 4) is 22.6 Å². The molecule has 0 saturated heterocycles. The first-order valence-electron chi connectivity index (χ1n) is 19.7. The Morgan fingerprint density at radius 1 is 0.763 bits per heavy atom. The van der Waals surface area contributed by atoms with Gasteiger partial charge in [-0.1, -0.05) is 98.5 Å². The van der Waals surface area contributed by atoms with Gasteiger partial charge in [0.05, 0.1) is 37.0 Å². The summed E-state index contributed by atoms with van der Waals surface area (Å²) in [5.74, 6) is -2.08. The number of hydrogen-bond donors (Lipinski definition) is 2. The lowest BCUT2D eigenvalue weighted by Gasteiger charge is -2.34. The van der Waals surface area contributed by atoms with Crippen LogP contribution in [0.25, 0.3) is 11.1 Å². The van der Waals surface area contributed by atoms with Gasteiger partial charge in [-0.05, 0) is 76.9 Å². The van der Waals surface area contributed by atoms with Gasteiger partial charge in [-0.3, -0.25) is 9.59 Å². The fraction of sp³-hybridized carbons (Fsp3) is 0.319. The molecule has 0 aliphatic heterocycles. The molecule has 0 fully saturated rings. The van der Waals surface area contributed by atoms with Crippen molar-refractivity contribution in [3.63, 3.8) is 0 Å². The lowest BCUT2D eigenvalue weighted by Crippen LogP contribution is -2.38. The Hall–Kier alpha value is -6.40. The van der Waals surface area contributed by atoms with Gasteiger partial charge in [-0.2, -0.15) is 0 Å². The molecule has 0 aromatic heterocycles. The Kier molecular flexibility index (Phi) is 14.2. The van der Waals surface area contributed by atoms with Crippen LogP contribution < -0.4 is 14.8 Å². The molecule has 4 aromatic rings. The van der Waals surface area contributed by atoms with E-state index in [1.165, 1.54) is 7.11 Å². The number of hydrogen-bond acceptors (Lipinski definition) is 11. The van der Waals surface area contributed by atoms with Gasteiger partial charge in [-0.25, -0.2) is 9.59 Å². The maximum atomic E-state index is 13.2. The second-order valence-corrected chi connectivity index (χ2v) is 14.2. The van der Waals surface area contributed by atoms with Crippen LogP contribution in [0.3, 0.4) is 0 Å². The molecule has 6 rings (SSSR count). The third kappa shape index (κ3) is 9.67. The van der Waals surface area contributed by atoms with Gasteiger partial charge in [0.2, 0.25) is 0 Å². The standard InChI is InChI=1S/C47H49NO11/c1-4-33(49)28-56-34-22-18-31(19-23-34)47(41-16-10-8-12-37(41)38-13-9-11-17-42(38)47)32-20-24-35(25-21-32)57-29-36(59-46(53)48-26-27-55-43(50)5-2)30-58-45(52)40-15-7-6-14-39(40)44(51)54-3/h5-13,16-25,33,36,39-40,49H,2,4,14-15,26-30H2,1,3H3,(H,48,53). The van der Waals surface area contributed by atoms with E-state index in [0.29, 0.717) is 30.8 Å². The van der Waals surface area contributed by atoms with Gasteiger partial charge in [0.1, 0.15) is 37.9 Å². The Balaban J connectivity index is 1.23. The minimum absolute atomic E-state index is 0.0335. The van der Waals surface area contributed by atoms with Crippen molar-refractivity contribution < 1.29 is 52.7 Å². The molecular weight excluding hydrogens is 755 g/mol. The van der Waals surface area contributed by atoms with Gasteiger partial charge in [-0.15, -0.1) is 0 Å². The van der Waals surface area contributed by atoms with Crippen molar-refractivity contribution >= 4 is 24.0 Å². The minimum Gasteiger partial charge on any atom is -0.491 e. The van der Waals surface area contributed by atoms with E-state index in [-0.39, 0.29) is 33.0 Å². The number of allylic oxidation sites excluding steroid dienone is 2. The molecule has 0 heterocycles. The van der Waals surface area contributed by atoms with Crippen LogP contribution in [0.4, 0.5) is 4.79 Å². The van der Waals surface area contributed by atoms with E-state index >= 15 is 0 Å². The van der Waals surface area contributed by atoms with E-state index < -0.39 is 53.5 Å². The van der Waals surface area contributed by atoms with Crippen molar-refractivity contribution in [1.29, 1.82) is 0 Å². The molecule has 0 radical (unpaired) electrons. The number of carbonyl (C=O) groups excluding carboxylic acids is 4. The lowest BCUT2D eigenvalue weighted by molar-refractivity contribution is -0.161. The van der Waals surface area contributed by atoms with Crippen LogP contribution in [-0.2, 0) is 38.7 Å². The van der Waals surface area contributed by atoms with Crippen molar-refractivity contribution in [2.24, 2.45) is 11.8 Å². The van der Waals surface area contributed by atoms with Crippen molar-refractivity contribution in [1.82, 2.24) is 5.32 Å². The van der Waals surface area contributed by atoms with Crippen LogP contribution in [-0.4, -0.2) is 81.4 Å². The van der Waals surface area contributed by atoms with Gasteiger partial charge in [0.25, 0.3) is 0 Å². The molecule has 4 unspecified atom stereocenters. The number of ether oxygens (including phenoxy) is 6. The zero-order chi connectivity index (χ0) is 41.8. The minimum atomic E-state index is -1.05. The maximum Gasteiger partial charge on any atom is 0.407 e. The number of rotatable bonds is 18. The number of aliphatic hydroxyl groups excluding tert-OH is 1. The molecule has 2 aliphatic rings. The average molecular weight is 804 g/mol. The molecule has 4 atom stereocenters.